The van der Waals surface area contributed by atoms with E-state index >= 15 is 0 Å². The Morgan fingerprint density at radius 1 is 1.11 bits per heavy atom. The second kappa shape index (κ2) is 8.17. The quantitative estimate of drug-likeness (QED) is 0.654. The van der Waals surface area contributed by atoms with Crippen LogP contribution in [0.3, 0.4) is 0 Å². The molecule has 0 aromatic heterocycles. The van der Waals surface area contributed by atoms with Gasteiger partial charge in [0.05, 0.1) is 11.7 Å². The van der Waals surface area contributed by atoms with E-state index in [1.165, 1.54) is 5.56 Å². The first-order chi connectivity index (χ1) is 13.8. The highest BCUT2D eigenvalue weighted by molar-refractivity contribution is 6.06. The number of benzene rings is 2. The average Bonchev–Trinajstić information content (AvgIpc) is 2.73. The fourth-order valence-electron chi connectivity index (χ4n) is 3.50. The van der Waals surface area contributed by atoms with Crippen molar-refractivity contribution in [3.63, 3.8) is 0 Å². The first-order valence-corrected chi connectivity index (χ1v) is 9.57. The minimum absolute atomic E-state index is 0.254. The molecule has 2 aromatic carbocycles. The summed E-state index contributed by atoms with van der Waals surface area (Å²) in [7, 11) is 0. The van der Waals surface area contributed by atoms with Crippen LogP contribution in [0.25, 0.3) is 0 Å². The van der Waals surface area contributed by atoms with E-state index in [4.69, 9.17) is 14.5 Å². The van der Waals surface area contributed by atoms with E-state index in [1.807, 2.05) is 43.4 Å². The van der Waals surface area contributed by atoms with Crippen molar-refractivity contribution in [2.45, 2.75) is 19.4 Å². The van der Waals surface area contributed by atoms with Crippen LogP contribution in [-0.2, 0) is 0 Å². The lowest BCUT2D eigenvalue weighted by atomic mass is 9.92. The molecule has 0 bridgehead atoms. The standard InChI is InChI=1S/C24H24N2O2/c1-3-5-11-19(4-2)25-24-17-21(18-9-7-6-8-10-18)26(24)20-12-13-22-23(16-20)28-15-14-27-22/h3-13,16,21H,1,14-15,17H2,2H3/b11-5-,19-4+,25-24+. The highest BCUT2D eigenvalue weighted by Crippen LogP contribution is 2.43. The van der Waals surface area contributed by atoms with Crippen molar-refractivity contribution in [2.24, 2.45) is 4.99 Å². The highest BCUT2D eigenvalue weighted by Gasteiger charge is 2.37. The molecule has 4 nitrogen and oxygen atoms in total. The van der Waals surface area contributed by atoms with E-state index in [9.17, 15) is 0 Å². The van der Waals surface area contributed by atoms with Gasteiger partial charge in [-0.15, -0.1) is 0 Å². The van der Waals surface area contributed by atoms with Crippen LogP contribution in [0, 0.1) is 0 Å². The molecule has 4 heteroatoms. The van der Waals surface area contributed by atoms with E-state index in [2.05, 4.69) is 41.8 Å². The van der Waals surface area contributed by atoms with Gasteiger partial charge in [-0.1, -0.05) is 55.1 Å². The number of rotatable bonds is 5. The van der Waals surface area contributed by atoms with Crippen LogP contribution >= 0.6 is 0 Å². The molecule has 1 atom stereocenters. The highest BCUT2D eigenvalue weighted by atomic mass is 16.6. The van der Waals surface area contributed by atoms with Crippen LogP contribution in [0.2, 0.25) is 0 Å². The molecule has 1 unspecified atom stereocenters. The molecule has 4 rings (SSSR count). The van der Waals surface area contributed by atoms with Gasteiger partial charge in [0, 0.05) is 18.2 Å². The summed E-state index contributed by atoms with van der Waals surface area (Å²) < 4.78 is 11.5. The monoisotopic (exact) mass is 372 g/mol. The van der Waals surface area contributed by atoms with Gasteiger partial charge in [0.25, 0.3) is 0 Å². The maximum absolute atomic E-state index is 5.79. The van der Waals surface area contributed by atoms with Crippen molar-refractivity contribution < 1.29 is 9.47 Å². The van der Waals surface area contributed by atoms with Crippen molar-refractivity contribution >= 4 is 11.5 Å². The molecule has 0 aliphatic carbocycles. The zero-order valence-corrected chi connectivity index (χ0v) is 16.0. The van der Waals surface area contributed by atoms with E-state index in [-0.39, 0.29) is 6.04 Å². The van der Waals surface area contributed by atoms with Crippen LogP contribution in [0.15, 0.2) is 90.1 Å². The van der Waals surface area contributed by atoms with Crippen LogP contribution in [0.4, 0.5) is 5.69 Å². The molecule has 1 saturated heterocycles. The summed E-state index contributed by atoms with van der Waals surface area (Å²) in [5, 5.41) is 0. The zero-order valence-electron chi connectivity index (χ0n) is 16.0. The lowest BCUT2D eigenvalue weighted by Gasteiger charge is -2.44. The van der Waals surface area contributed by atoms with Crippen molar-refractivity contribution in [1.29, 1.82) is 0 Å². The summed E-state index contributed by atoms with van der Waals surface area (Å²) in [6, 6.07) is 16.9. The van der Waals surface area contributed by atoms with Crippen molar-refractivity contribution in [3.05, 3.63) is 90.7 Å². The average molecular weight is 372 g/mol. The normalized spacial score (nSPS) is 20.3. The number of nitrogens with zero attached hydrogens (tertiary/aromatic N) is 2. The lowest BCUT2D eigenvalue weighted by Crippen LogP contribution is -2.47. The molecule has 0 N–H and O–H groups in total. The first kappa shape index (κ1) is 18.1. The Morgan fingerprint density at radius 3 is 2.64 bits per heavy atom. The van der Waals surface area contributed by atoms with Gasteiger partial charge in [-0.25, -0.2) is 4.99 Å². The van der Waals surface area contributed by atoms with E-state index in [0.29, 0.717) is 13.2 Å². The van der Waals surface area contributed by atoms with Gasteiger partial charge in [0.15, 0.2) is 11.5 Å². The third-order valence-electron chi connectivity index (χ3n) is 4.91. The number of fused-ring (bicyclic) bond motifs is 1. The van der Waals surface area contributed by atoms with Crippen molar-refractivity contribution in [1.82, 2.24) is 0 Å². The third-order valence-corrected chi connectivity index (χ3v) is 4.91. The Labute approximate surface area is 166 Å². The minimum Gasteiger partial charge on any atom is -0.486 e. The van der Waals surface area contributed by atoms with Crippen LogP contribution in [0.1, 0.15) is 24.9 Å². The van der Waals surface area contributed by atoms with Crippen LogP contribution < -0.4 is 14.4 Å². The van der Waals surface area contributed by atoms with Crippen LogP contribution in [0.5, 0.6) is 11.5 Å². The number of hydrogen-bond acceptors (Lipinski definition) is 3. The van der Waals surface area contributed by atoms with Gasteiger partial charge < -0.3 is 14.4 Å². The molecule has 0 spiro atoms. The SMILES string of the molecule is C=C\C=C/C(=C\C)/N=C1\CC(c2ccccc2)N1c1ccc2c(c1)OCCO2. The summed E-state index contributed by atoms with van der Waals surface area (Å²) in [6.07, 6.45) is 8.53. The molecule has 0 radical (unpaired) electrons. The van der Waals surface area contributed by atoms with Gasteiger partial charge in [-0.2, -0.15) is 0 Å². The predicted molar refractivity (Wildman–Crippen MR) is 114 cm³/mol. The Morgan fingerprint density at radius 2 is 1.89 bits per heavy atom. The smallest absolute Gasteiger partial charge is 0.163 e. The maximum Gasteiger partial charge on any atom is 0.163 e. The van der Waals surface area contributed by atoms with E-state index in [0.717, 1.165) is 35.1 Å². The van der Waals surface area contributed by atoms with Crippen molar-refractivity contribution in [3.8, 4) is 11.5 Å². The predicted octanol–water partition coefficient (Wildman–Crippen LogP) is 5.45. The molecule has 0 saturated carbocycles. The largest absolute Gasteiger partial charge is 0.486 e. The number of anilines is 1. The number of hydrogen-bond donors (Lipinski definition) is 0. The van der Waals surface area contributed by atoms with Gasteiger partial charge in [0.2, 0.25) is 0 Å². The Kier molecular flexibility index (Phi) is 5.29. The molecule has 2 heterocycles. The zero-order chi connectivity index (χ0) is 19.3. The molecule has 1 fully saturated rings. The fourth-order valence-corrected chi connectivity index (χ4v) is 3.50. The molecule has 2 aromatic rings. The molecular weight excluding hydrogens is 348 g/mol. The Balaban J connectivity index is 1.70. The number of ether oxygens (including phenoxy) is 2. The topological polar surface area (TPSA) is 34.1 Å². The van der Waals surface area contributed by atoms with Crippen LogP contribution in [-0.4, -0.2) is 19.0 Å². The van der Waals surface area contributed by atoms with Gasteiger partial charge in [0.1, 0.15) is 19.0 Å². The van der Waals surface area contributed by atoms with E-state index in [1.54, 1.807) is 6.08 Å². The number of aliphatic imine (C=N–C) groups is 1. The fraction of sp³-hybridized carbons (Fsp3) is 0.208. The van der Waals surface area contributed by atoms with E-state index < -0.39 is 0 Å². The van der Waals surface area contributed by atoms with Gasteiger partial charge in [-0.05, 0) is 30.7 Å². The minimum atomic E-state index is 0.254. The lowest BCUT2D eigenvalue weighted by molar-refractivity contribution is 0.171. The molecule has 0 amide bonds. The molecule has 28 heavy (non-hydrogen) atoms. The summed E-state index contributed by atoms with van der Waals surface area (Å²) in [4.78, 5) is 7.16. The molecule has 2 aliphatic rings. The molecular formula is C24H24N2O2. The number of allylic oxidation sites excluding steroid dienone is 4. The van der Waals surface area contributed by atoms with Gasteiger partial charge >= 0.3 is 0 Å². The summed E-state index contributed by atoms with van der Waals surface area (Å²) in [5.74, 6) is 2.63. The number of amidine groups is 1. The maximum atomic E-state index is 5.79. The first-order valence-electron chi connectivity index (χ1n) is 9.57. The van der Waals surface area contributed by atoms with Gasteiger partial charge in [-0.3, -0.25) is 0 Å². The second-order valence-corrected chi connectivity index (χ2v) is 6.66. The molecule has 142 valence electrons. The summed E-state index contributed by atoms with van der Waals surface area (Å²) in [6.45, 7) is 6.90. The summed E-state index contributed by atoms with van der Waals surface area (Å²) in [5.41, 5.74) is 3.26. The second-order valence-electron chi connectivity index (χ2n) is 6.66. The Bertz CT molecular complexity index is 944. The molecule has 2 aliphatic heterocycles. The van der Waals surface area contributed by atoms with Crippen molar-refractivity contribution in [2.75, 3.05) is 18.1 Å². The summed E-state index contributed by atoms with van der Waals surface area (Å²) >= 11 is 0. The third kappa shape index (κ3) is 3.58. The Hall–Kier alpha value is -3.27.